The van der Waals surface area contributed by atoms with E-state index < -0.39 is 11.4 Å². The van der Waals surface area contributed by atoms with Crippen LogP contribution in [0, 0.1) is 5.82 Å². The molecule has 0 bridgehead atoms. The number of benzene rings is 2. The molecule has 21 heavy (non-hydrogen) atoms. The fourth-order valence-electron chi connectivity index (χ4n) is 2.39. The molecule has 0 heterocycles. The number of rotatable bonds is 5. The Morgan fingerprint density at radius 2 is 1.62 bits per heavy atom. The van der Waals surface area contributed by atoms with Crippen molar-refractivity contribution < 1.29 is 19.0 Å². The standard InChI is InChI=1S/C17H19FO3/c1-4-17(19,15-7-5-6-8-16(15)18)12-9-13(20-2)11-14(10-12)21-3/h5-11,19H,4H2,1-3H3. The van der Waals surface area contributed by atoms with Crippen molar-refractivity contribution in [1.29, 1.82) is 0 Å². The Bertz CT molecular complexity index is 605. The number of aliphatic hydroxyl groups is 1. The van der Waals surface area contributed by atoms with E-state index in [-0.39, 0.29) is 5.56 Å². The maximum Gasteiger partial charge on any atom is 0.129 e. The molecule has 1 unspecified atom stereocenters. The topological polar surface area (TPSA) is 38.7 Å². The van der Waals surface area contributed by atoms with Gasteiger partial charge in [0.15, 0.2) is 0 Å². The van der Waals surface area contributed by atoms with Gasteiger partial charge in [-0.25, -0.2) is 4.39 Å². The maximum atomic E-state index is 14.1. The van der Waals surface area contributed by atoms with Gasteiger partial charge in [-0.2, -0.15) is 0 Å². The lowest BCUT2D eigenvalue weighted by atomic mass is 9.83. The number of methoxy groups -OCH3 is 2. The van der Waals surface area contributed by atoms with E-state index in [1.165, 1.54) is 20.3 Å². The van der Waals surface area contributed by atoms with Crippen LogP contribution in [-0.4, -0.2) is 19.3 Å². The summed E-state index contributed by atoms with van der Waals surface area (Å²) in [6, 6.07) is 11.3. The van der Waals surface area contributed by atoms with Crippen molar-refractivity contribution in [1.82, 2.24) is 0 Å². The highest BCUT2D eigenvalue weighted by atomic mass is 19.1. The van der Waals surface area contributed by atoms with Crippen molar-refractivity contribution in [3.05, 3.63) is 59.4 Å². The van der Waals surface area contributed by atoms with Crippen LogP contribution >= 0.6 is 0 Å². The average Bonchev–Trinajstić information content (AvgIpc) is 2.54. The van der Waals surface area contributed by atoms with Crippen LogP contribution in [-0.2, 0) is 5.60 Å². The van der Waals surface area contributed by atoms with Crippen LogP contribution in [0.25, 0.3) is 0 Å². The van der Waals surface area contributed by atoms with Crippen molar-refractivity contribution in [3.63, 3.8) is 0 Å². The summed E-state index contributed by atoms with van der Waals surface area (Å²) < 4.78 is 24.5. The Balaban J connectivity index is 2.62. The lowest BCUT2D eigenvalue weighted by Crippen LogP contribution is -2.27. The first-order chi connectivity index (χ1) is 10.0. The van der Waals surface area contributed by atoms with Gasteiger partial charge in [0.2, 0.25) is 0 Å². The lowest BCUT2D eigenvalue weighted by Gasteiger charge is -2.29. The molecular formula is C17H19FO3. The predicted molar refractivity (Wildman–Crippen MR) is 79.2 cm³/mol. The Morgan fingerprint density at radius 3 is 2.10 bits per heavy atom. The lowest BCUT2D eigenvalue weighted by molar-refractivity contribution is 0.0720. The zero-order valence-corrected chi connectivity index (χ0v) is 12.4. The largest absolute Gasteiger partial charge is 0.497 e. The molecule has 0 radical (unpaired) electrons. The summed E-state index contributed by atoms with van der Waals surface area (Å²) in [6.45, 7) is 1.80. The third-order valence-electron chi connectivity index (χ3n) is 3.66. The minimum Gasteiger partial charge on any atom is -0.497 e. The predicted octanol–water partition coefficient (Wildman–Crippen LogP) is 3.49. The van der Waals surface area contributed by atoms with Gasteiger partial charge in [-0.3, -0.25) is 0 Å². The molecule has 3 nitrogen and oxygen atoms in total. The fraction of sp³-hybridized carbons (Fsp3) is 0.294. The molecule has 112 valence electrons. The molecule has 1 atom stereocenters. The van der Waals surface area contributed by atoms with Crippen LogP contribution < -0.4 is 9.47 Å². The quantitative estimate of drug-likeness (QED) is 0.916. The van der Waals surface area contributed by atoms with E-state index in [2.05, 4.69) is 0 Å². The number of hydrogen-bond acceptors (Lipinski definition) is 3. The molecule has 0 saturated carbocycles. The molecule has 2 rings (SSSR count). The van der Waals surface area contributed by atoms with Crippen molar-refractivity contribution in [2.75, 3.05) is 14.2 Å². The second-order valence-electron chi connectivity index (χ2n) is 4.80. The van der Waals surface area contributed by atoms with Crippen LogP contribution in [0.4, 0.5) is 4.39 Å². The minimum absolute atomic E-state index is 0.239. The normalized spacial score (nSPS) is 13.6. The van der Waals surface area contributed by atoms with Gasteiger partial charge < -0.3 is 14.6 Å². The Morgan fingerprint density at radius 1 is 1.05 bits per heavy atom. The van der Waals surface area contributed by atoms with Crippen molar-refractivity contribution in [2.24, 2.45) is 0 Å². The molecule has 0 amide bonds. The summed E-state index contributed by atoms with van der Waals surface area (Å²) in [4.78, 5) is 0. The highest BCUT2D eigenvalue weighted by molar-refractivity contribution is 5.45. The Kier molecular flexibility index (Phi) is 4.48. The van der Waals surface area contributed by atoms with Gasteiger partial charge in [-0.15, -0.1) is 0 Å². The minimum atomic E-state index is -1.44. The molecule has 1 N–H and O–H groups in total. The monoisotopic (exact) mass is 290 g/mol. The summed E-state index contributed by atoms with van der Waals surface area (Å²) in [6.07, 6.45) is 0.324. The van der Waals surface area contributed by atoms with E-state index in [1.807, 2.05) is 0 Å². The van der Waals surface area contributed by atoms with Gasteiger partial charge in [0.05, 0.1) is 14.2 Å². The summed E-state index contributed by atoms with van der Waals surface area (Å²) in [7, 11) is 3.07. The molecule has 2 aromatic rings. The zero-order chi connectivity index (χ0) is 15.5. The van der Waals surface area contributed by atoms with Gasteiger partial charge in [0.1, 0.15) is 22.9 Å². The first kappa shape index (κ1) is 15.3. The second kappa shape index (κ2) is 6.14. The van der Waals surface area contributed by atoms with E-state index in [9.17, 15) is 9.50 Å². The number of hydrogen-bond donors (Lipinski definition) is 1. The Hall–Kier alpha value is -2.07. The van der Waals surface area contributed by atoms with Crippen molar-refractivity contribution in [3.8, 4) is 11.5 Å². The molecule has 0 saturated heterocycles. The molecule has 0 aliphatic heterocycles. The SMILES string of the molecule is CCC(O)(c1cc(OC)cc(OC)c1)c1ccccc1F. The molecule has 0 fully saturated rings. The van der Waals surface area contributed by atoms with E-state index in [0.29, 0.717) is 23.5 Å². The summed E-state index contributed by atoms with van der Waals surface area (Å²) in [5.74, 6) is 0.656. The highest BCUT2D eigenvalue weighted by Crippen LogP contribution is 2.38. The van der Waals surface area contributed by atoms with Crippen LogP contribution in [0.2, 0.25) is 0 Å². The first-order valence-corrected chi connectivity index (χ1v) is 6.76. The third-order valence-corrected chi connectivity index (χ3v) is 3.66. The van der Waals surface area contributed by atoms with E-state index in [0.717, 1.165) is 0 Å². The van der Waals surface area contributed by atoms with Gasteiger partial charge >= 0.3 is 0 Å². The first-order valence-electron chi connectivity index (χ1n) is 6.76. The molecule has 0 aliphatic carbocycles. The molecule has 0 aromatic heterocycles. The van der Waals surface area contributed by atoms with Crippen molar-refractivity contribution >= 4 is 0 Å². The van der Waals surface area contributed by atoms with E-state index >= 15 is 0 Å². The summed E-state index contributed by atoms with van der Waals surface area (Å²) in [5, 5.41) is 11.0. The van der Waals surface area contributed by atoms with Crippen LogP contribution in [0.3, 0.4) is 0 Å². The molecule has 4 heteroatoms. The zero-order valence-electron chi connectivity index (χ0n) is 12.4. The van der Waals surface area contributed by atoms with E-state index in [1.54, 1.807) is 43.3 Å². The van der Waals surface area contributed by atoms with Crippen LogP contribution in [0.5, 0.6) is 11.5 Å². The molecule has 0 spiro atoms. The Labute approximate surface area is 124 Å². The average molecular weight is 290 g/mol. The van der Waals surface area contributed by atoms with Gasteiger partial charge in [0.25, 0.3) is 0 Å². The molecular weight excluding hydrogens is 271 g/mol. The maximum absolute atomic E-state index is 14.1. The molecule has 0 aliphatic rings. The van der Waals surface area contributed by atoms with Gasteiger partial charge in [0, 0.05) is 11.6 Å². The van der Waals surface area contributed by atoms with Gasteiger partial charge in [-0.05, 0) is 30.2 Å². The number of ether oxygens (including phenoxy) is 2. The highest BCUT2D eigenvalue weighted by Gasteiger charge is 2.33. The van der Waals surface area contributed by atoms with Crippen LogP contribution in [0.1, 0.15) is 24.5 Å². The second-order valence-corrected chi connectivity index (χ2v) is 4.80. The third kappa shape index (κ3) is 2.85. The van der Waals surface area contributed by atoms with E-state index in [4.69, 9.17) is 9.47 Å². The van der Waals surface area contributed by atoms with Crippen molar-refractivity contribution in [2.45, 2.75) is 18.9 Å². The van der Waals surface area contributed by atoms with Gasteiger partial charge in [-0.1, -0.05) is 25.1 Å². The molecule has 2 aromatic carbocycles. The smallest absolute Gasteiger partial charge is 0.129 e. The summed E-state index contributed by atoms with van der Waals surface area (Å²) in [5.41, 5.74) is -0.665. The fourth-order valence-corrected chi connectivity index (χ4v) is 2.39. The summed E-state index contributed by atoms with van der Waals surface area (Å²) >= 11 is 0. The number of halogens is 1. The van der Waals surface area contributed by atoms with Crippen LogP contribution in [0.15, 0.2) is 42.5 Å².